The van der Waals surface area contributed by atoms with Gasteiger partial charge in [-0.15, -0.1) is 0 Å². The summed E-state index contributed by atoms with van der Waals surface area (Å²) in [6.07, 6.45) is 0.226. The number of nitrogens with zero attached hydrogens (tertiary/aromatic N) is 2. The first kappa shape index (κ1) is 16.7. The van der Waals surface area contributed by atoms with Gasteiger partial charge in [0.2, 0.25) is 6.23 Å². The smallest absolute Gasteiger partial charge is 0.214 e. The van der Waals surface area contributed by atoms with E-state index < -0.39 is 6.23 Å². The predicted octanol–water partition coefficient (Wildman–Crippen LogP) is 4.65. The van der Waals surface area contributed by atoms with E-state index in [0.717, 1.165) is 33.7 Å². The fourth-order valence-corrected chi connectivity index (χ4v) is 3.98. The Morgan fingerprint density at radius 2 is 1.86 bits per heavy atom. The van der Waals surface area contributed by atoms with E-state index in [2.05, 4.69) is 6.07 Å². The number of rotatable bonds is 2. The molecule has 3 aromatic carbocycles. The second kappa shape index (κ2) is 6.30. The van der Waals surface area contributed by atoms with Gasteiger partial charge in [-0.1, -0.05) is 42.0 Å². The monoisotopic (exact) mass is 372 g/mol. The SMILES string of the molecule is Cc1ccc(O)c(C2=NN3[C@H](C2)c2ccccc2O[C@H]3c2cccc(O)c2)c1. The molecule has 2 aliphatic rings. The number of fused-ring (bicyclic) bond motifs is 3. The molecule has 0 radical (unpaired) electrons. The zero-order valence-corrected chi connectivity index (χ0v) is 15.4. The van der Waals surface area contributed by atoms with Gasteiger partial charge in [0.25, 0.3) is 0 Å². The number of para-hydroxylation sites is 1. The van der Waals surface area contributed by atoms with Crippen molar-refractivity contribution in [3.05, 3.63) is 89.0 Å². The minimum Gasteiger partial charge on any atom is -0.508 e. The molecule has 28 heavy (non-hydrogen) atoms. The molecule has 0 saturated heterocycles. The lowest BCUT2D eigenvalue weighted by Gasteiger charge is -2.38. The van der Waals surface area contributed by atoms with Crippen LogP contribution in [-0.2, 0) is 0 Å². The second-order valence-corrected chi connectivity index (χ2v) is 7.27. The van der Waals surface area contributed by atoms with Gasteiger partial charge in [-0.25, -0.2) is 5.01 Å². The molecule has 5 nitrogen and oxygen atoms in total. The van der Waals surface area contributed by atoms with Crippen molar-refractivity contribution in [2.75, 3.05) is 0 Å². The molecule has 0 fully saturated rings. The Hall–Kier alpha value is -3.47. The molecule has 0 unspecified atom stereocenters. The average molecular weight is 372 g/mol. The number of benzene rings is 3. The first-order valence-electron chi connectivity index (χ1n) is 9.30. The standard InChI is InChI=1S/C23H20N2O3/c1-14-9-10-21(27)18(11-14)19-13-20-17-7-2-3-8-22(17)28-23(25(20)24-19)15-5-4-6-16(26)12-15/h2-12,20,23,26-27H,13H2,1H3/t20-,23+/m1/s1. The largest absolute Gasteiger partial charge is 0.508 e. The van der Waals surface area contributed by atoms with Gasteiger partial charge >= 0.3 is 0 Å². The third kappa shape index (κ3) is 2.67. The molecule has 5 rings (SSSR count). The number of hydrogen-bond donors (Lipinski definition) is 2. The van der Waals surface area contributed by atoms with E-state index in [-0.39, 0.29) is 17.5 Å². The second-order valence-electron chi connectivity index (χ2n) is 7.27. The van der Waals surface area contributed by atoms with Crippen LogP contribution in [0.3, 0.4) is 0 Å². The zero-order chi connectivity index (χ0) is 19.3. The number of hydrazone groups is 1. The fraction of sp³-hybridized carbons (Fsp3) is 0.174. The van der Waals surface area contributed by atoms with Gasteiger partial charge in [-0.2, -0.15) is 5.10 Å². The van der Waals surface area contributed by atoms with Gasteiger partial charge in [0.05, 0.1) is 11.8 Å². The third-order valence-electron chi connectivity index (χ3n) is 5.32. The Labute approximate surface area is 163 Å². The van der Waals surface area contributed by atoms with Crippen LogP contribution in [0.5, 0.6) is 17.2 Å². The van der Waals surface area contributed by atoms with E-state index in [4.69, 9.17) is 9.84 Å². The fourth-order valence-electron chi connectivity index (χ4n) is 3.98. The van der Waals surface area contributed by atoms with Gasteiger partial charge in [-0.05, 0) is 37.3 Å². The molecule has 0 bridgehead atoms. The maximum Gasteiger partial charge on any atom is 0.214 e. The van der Waals surface area contributed by atoms with Crippen molar-refractivity contribution in [2.45, 2.75) is 25.6 Å². The molecule has 0 aromatic heterocycles. The van der Waals surface area contributed by atoms with Gasteiger partial charge in [0, 0.05) is 23.1 Å². The van der Waals surface area contributed by atoms with Crippen LogP contribution in [0.2, 0.25) is 0 Å². The quantitative estimate of drug-likeness (QED) is 0.687. The van der Waals surface area contributed by atoms with Crippen molar-refractivity contribution in [1.29, 1.82) is 0 Å². The Morgan fingerprint density at radius 3 is 2.71 bits per heavy atom. The van der Waals surface area contributed by atoms with Crippen LogP contribution in [0.4, 0.5) is 0 Å². The van der Waals surface area contributed by atoms with Crippen molar-refractivity contribution < 1.29 is 14.9 Å². The lowest BCUT2D eigenvalue weighted by atomic mass is 9.95. The topological polar surface area (TPSA) is 65.3 Å². The summed E-state index contributed by atoms with van der Waals surface area (Å²) in [6.45, 7) is 2.00. The van der Waals surface area contributed by atoms with Crippen molar-refractivity contribution >= 4 is 5.71 Å². The number of phenolic OH excluding ortho intramolecular Hbond substituents is 2. The molecule has 0 spiro atoms. The first-order valence-corrected chi connectivity index (χ1v) is 9.30. The van der Waals surface area contributed by atoms with Gasteiger partial charge < -0.3 is 14.9 Å². The number of ether oxygens (including phenoxy) is 1. The highest BCUT2D eigenvalue weighted by molar-refractivity contribution is 6.04. The average Bonchev–Trinajstić information content (AvgIpc) is 3.14. The van der Waals surface area contributed by atoms with Crippen LogP contribution < -0.4 is 4.74 Å². The molecular formula is C23H20N2O3. The molecule has 0 amide bonds. The summed E-state index contributed by atoms with van der Waals surface area (Å²) >= 11 is 0. The van der Waals surface area contributed by atoms with Gasteiger partial charge in [0.1, 0.15) is 17.2 Å². The van der Waals surface area contributed by atoms with E-state index in [1.54, 1.807) is 24.3 Å². The van der Waals surface area contributed by atoms with Crippen LogP contribution in [0.1, 0.15) is 40.9 Å². The number of aryl methyl sites for hydroxylation is 1. The van der Waals surface area contributed by atoms with Crippen LogP contribution >= 0.6 is 0 Å². The summed E-state index contributed by atoms with van der Waals surface area (Å²) in [5.74, 6) is 1.24. The highest BCUT2D eigenvalue weighted by atomic mass is 16.5. The summed E-state index contributed by atoms with van der Waals surface area (Å²) in [5.41, 5.74) is 4.56. The first-order chi connectivity index (χ1) is 13.6. The van der Waals surface area contributed by atoms with Crippen molar-refractivity contribution in [2.24, 2.45) is 5.10 Å². The van der Waals surface area contributed by atoms with Gasteiger partial charge in [0.15, 0.2) is 0 Å². The molecule has 2 aliphatic heterocycles. The summed E-state index contributed by atoms with van der Waals surface area (Å²) in [6, 6.07) is 20.6. The summed E-state index contributed by atoms with van der Waals surface area (Å²) < 4.78 is 6.27. The predicted molar refractivity (Wildman–Crippen MR) is 106 cm³/mol. The van der Waals surface area contributed by atoms with Crippen LogP contribution in [0.25, 0.3) is 0 Å². The maximum absolute atomic E-state index is 10.4. The highest BCUT2D eigenvalue weighted by Crippen LogP contribution is 2.48. The van der Waals surface area contributed by atoms with Crippen LogP contribution in [-0.4, -0.2) is 20.9 Å². The van der Waals surface area contributed by atoms with E-state index >= 15 is 0 Å². The van der Waals surface area contributed by atoms with Gasteiger partial charge in [-0.3, -0.25) is 0 Å². The summed E-state index contributed by atoms with van der Waals surface area (Å²) in [7, 11) is 0. The number of hydrogen-bond acceptors (Lipinski definition) is 5. The Balaban J connectivity index is 1.62. The Bertz CT molecular complexity index is 1090. The van der Waals surface area contributed by atoms with E-state index in [1.165, 1.54) is 0 Å². The molecule has 0 aliphatic carbocycles. The number of aromatic hydroxyl groups is 2. The maximum atomic E-state index is 10.4. The normalized spacial score (nSPS) is 20.2. The number of phenols is 2. The minimum absolute atomic E-state index is 0.00668. The third-order valence-corrected chi connectivity index (χ3v) is 5.32. The van der Waals surface area contributed by atoms with Crippen LogP contribution in [0, 0.1) is 6.92 Å². The highest BCUT2D eigenvalue weighted by Gasteiger charge is 2.41. The Morgan fingerprint density at radius 1 is 1.00 bits per heavy atom. The van der Waals surface area contributed by atoms with E-state index in [9.17, 15) is 10.2 Å². The van der Waals surface area contributed by atoms with Crippen molar-refractivity contribution in [3.63, 3.8) is 0 Å². The zero-order valence-electron chi connectivity index (χ0n) is 15.4. The van der Waals surface area contributed by atoms with Crippen molar-refractivity contribution in [3.8, 4) is 17.2 Å². The molecule has 140 valence electrons. The molecule has 2 heterocycles. The van der Waals surface area contributed by atoms with E-state index in [0.29, 0.717) is 6.42 Å². The Kier molecular flexibility index (Phi) is 3.76. The minimum atomic E-state index is -0.448. The van der Waals surface area contributed by atoms with Crippen LogP contribution in [0.15, 0.2) is 71.8 Å². The van der Waals surface area contributed by atoms with Crippen molar-refractivity contribution in [1.82, 2.24) is 5.01 Å². The molecule has 5 heteroatoms. The summed E-state index contributed by atoms with van der Waals surface area (Å²) in [5, 5.41) is 27.1. The van der Waals surface area contributed by atoms with E-state index in [1.807, 2.05) is 48.3 Å². The summed E-state index contributed by atoms with van der Waals surface area (Å²) in [4.78, 5) is 0. The lowest BCUT2D eigenvalue weighted by Crippen LogP contribution is -2.33. The lowest BCUT2D eigenvalue weighted by molar-refractivity contribution is -0.0191. The molecule has 2 N–H and O–H groups in total. The molecule has 0 saturated carbocycles. The molecule has 3 aromatic rings. The molecular weight excluding hydrogens is 352 g/mol. The molecule has 2 atom stereocenters.